The molecule has 1 aliphatic heterocycles. The van der Waals surface area contributed by atoms with Crippen LogP contribution in [0, 0.1) is 17.8 Å². The second kappa shape index (κ2) is 9.87. The van der Waals surface area contributed by atoms with Crippen LogP contribution in [0.2, 0.25) is 0 Å². The standard InChI is InChI=1S/C26H34N4O5/c1-35-20-9-10-22-21(15-20)25(33)30(26(34)27-22)16-17-5-7-19(8-6-17)24(32)29-13-11-28(12-14-29)23(31)18-3-2-4-18/h9-10,15,17-19H,2-8,11-14,16H2,1H3,(H,27,34)/t17-,19-. The highest BCUT2D eigenvalue weighted by Gasteiger charge is 2.34. The molecular formula is C26H34N4O5. The summed E-state index contributed by atoms with van der Waals surface area (Å²) >= 11 is 0. The molecule has 2 aliphatic carbocycles. The van der Waals surface area contributed by atoms with Crippen molar-refractivity contribution in [2.45, 2.75) is 51.5 Å². The van der Waals surface area contributed by atoms with Crippen molar-refractivity contribution in [2.75, 3.05) is 33.3 Å². The zero-order chi connectivity index (χ0) is 24.5. The number of rotatable bonds is 5. The summed E-state index contributed by atoms with van der Waals surface area (Å²) in [6.07, 6.45) is 6.30. The van der Waals surface area contributed by atoms with Gasteiger partial charge in [0.2, 0.25) is 11.8 Å². The van der Waals surface area contributed by atoms with Crippen LogP contribution in [0.15, 0.2) is 27.8 Å². The van der Waals surface area contributed by atoms with Gasteiger partial charge < -0.3 is 19.5 Å². The summed E-state index contributed by atoms with van der Waals surface area (Å²) < 4.78 is 6.51. The highest BCUT2D eigenvalue weighted by Crippen LogP contribution is 2.32. The molecule has 2 amide bonds. The Balaban J connectivity index is 1.16. The normalized spacial score (nSPS) is 23.2. The minimum absolute atomic E-state index is 0.0176. The van der Waals surface area contributed by atoms with Gasteiger partial charge in [0.05, 0.1) is 18.0 Å². The minimum atomic E-state index is -0.403. The molecule has 2 aromatic rings. The molecule has 3 aliphatic rings. The molecule has 1 aromatic carbocycles. The number of hydrogen-bond acceptors (Lipinski definition) is 5. The average Bonchev–Trinajstić information content (AvgIpc) is 2.85. The van der Waals surface area contributed by atoms with Gasteiger partial charge in [-0.1, -0.05) is 6.42 Å². The summed E-state index contributed by atoms with van der Waals surface area (Å²) in [5, 5.41) is 0.433. The van der Waals surface area contributed by atoms with E-state index < -0.39 is 5.69 Å². The van der Waals surface area contributed by atoms with Crippen molar-refractivity contribution in [2.24, 2.45) is 17.8 Å². The van der Waals surface area contributed by atoms with E-state index >= 15 is 0 Å². The highest BCUT2D eigenvalue weighted by atomic mass is 16.5. The Morgan fingerprint density at radius 3 is 2.06 bits per heavy atom. The van der Waals surface area contributed by atoms with Crippen LogP contribution in [0.4, 0.5) is 0 Å². The van der Waals surface area contributed by atoms with E-state index in [1.807, 2.05) is 9.80 Å². The number of benzene rings is 1. The van der Waals surface area contributed by atoms with E-state index in [4.69, 9.17) is 4.74 Å². The molecule has 0 unspecified atom stereocenters. The maximum atomic E-state index is 13.1. The Morgan fingerprint density at radius 1 is 0.914 bits per heavy atom. The maximum absolute atomic E-state index is 13.1. The number of carbonyl (C=O) groups is 2. The van der Waals surface area contributed by atoms with Gasteiger partial charge in [0.25, 0.3) is 5.56 Å². The van der Waals surface area contributed by atoms with E-state index in [9.17, 15) is 19.2 Å². The smallest absolute Gasteiger partial charge is 0.328 e. The van der Waals surface area contributed by atoms with E-state index in [0.29, 0.717) is 49.4 Å². The molecule has 2 heterocycles. The number of methoxy groups -OCH3 is 1. The lowest BCUT2D eigenvalue weighted by atomic mass is 9.81. The fourth-order valence-electron chi connectivity index (χ4n) is 5.69. The Morgan fingerprint density at radius 2 is 1.51 bits per heavy atom. The molecule has 1 saturated heterocycles. The number of amides is 2. The molecule has 9 nitrogen and oxygen atoms in total. The van der Waals surface area contributed by atoms with Gasteiger partial charge in [0.15, 0.2) is 0 Å². The fourth-order valence-corrected chi connectivity index (χ4v) is 5.69. The predicted molar refractivity (Wildman–Crippen MR) is 131 cm³/mol. The lowest BCUT2D eigenvalue weighted by Crippen LogP contribution is -2.53. The molecule has 1 N–H and O–H groups in total. The van der Waals surface area contributed by atoms with Crippen LogP contribution in [0.3, 0.4) is 0 Å². The lowest BCUT2D eigenvalue weighted by Gasteiger charge is -2.40. The van der Waals surface area contributed by atoms with Crippen molar-refractivity contribution in [1.29, 1.82) is 0 Å². The molecule has 188 valence electrons. The SMILES string of the molecule is COc1ccc2[nH]c(=O)n(C[C@H]3CC[C@H](C(=O)N4CCN(C(=O)C5CCC5)CC4)CC3)c(=O)c2c1. The van der Waals surface area contributed by atoms with Crippen molar-refractivity contribution in [3.8, 4) is 5.75 Å². The summed E-state index contributed by atoms with van der Waals surface area (Å²) in [6, 6.07) is 5.05. The Bertz CT molecular complexity index is 1210. The Labute approximate surface area is 204 Å². The number of nitrogens with one attached hydrogen (secondary N) is 1. The van der Waals surface area contributed by atoms with Crippen LogP contribution >= 0.6 is 0 Å². The second-order valence-electron chi connectivity index (χ2n) is 10.3. The molecule has 1 aromatic heterocycles. The number of aromatic nitrogens is 2. The molecule has 0 atom stereocenters. The summed E-state index contributed by atoms with van der Waals surface area (Å²) in [5.74, 6) is 1.39. The summed E-state index contributed by atoms with van der Waals surface area (Å²) in [7, 11) is 1.54. The van der Waals surface area contributed by atoms with Gasteiger partial charge in [-0.3, -0.25) is 19.0 Å². The first-order valence-corrected chi connectivity index (χ1v) is 12.8. The maximum Gasteiger partial charge on any atom is 0.328 e. The van der Waals surface area contributed by atoms with E-state index in [1.165, 1.54) is 4.57 Å². The van der Waals surface area contributed by atoms with Crippen LogP contribution in [-0.4, -0.2) is 64.5 Å². The highest BCUT2D eigenvalue weighted by molar-refractivity contribution is 5.81. The van der Waals surface area contributed by atoms with Crippen molar-refractivity contribution in [1.82, 2.24) is 19.4 Å². The third kappa shape index (κ3) is 4.73. The van der Waals surface area contributed by atoms with Gasteiger partial charge >= 0.3 is 5.69 Å². The number of hydrogen-bond donors (Lipinski definition) is 1. The van der Waals surface area contributed by atoms with Gasteiger partial charge in [0.1, 0.15) is 5.75 Å². The van der Waals surface area contributed by atoms with Crippen molar-refractivity contribution in [3.63, 3.8) is 0 Å². The lowest BCUT2D eigenvalue weighted by molar-refractivity contribution is -0.146. The van der Waals surface area contributed by atoms with Crippen LogP contribution in [0.5, 0.6) is 5.75 Å². The molecule has 9 heteroatoms. The van der Waals surface area contributed by atoms with Crippen LogP contribution < -0.4 is 16.0 Å². The first kappa shape index (κ1) is 23.6. The largest absolute Gasteiger partial charge is 0.497 e. The quantitative estimate of drug-likeness (QED) is 0.702. The molecule has 2 saturated carbocycles. The Hall–Kier alpha value is -3.10. The number of carbonyl (C=O) groups excluding carboxylic acids is 2. The summed E-state index contributed by atoms with van der Waals surface area (Å²) in [6.45, 7) is 2.85. The number of ether oxygens (including phenoxy) is 1. The predicted octanol–water partition coefficient (Wildman–Crippen LogP) is 1.98. The van der Waals surface area contributed by atoms with Crippen molar-refractivity contribution < 1.29 is 14.3 Å². The second-order valence-corrected chi connectivity index (χ2v) is 10.3. The van der Waals surface area contributed by atoms with Crippen LogP contribution in [0.1, 0.15) is 44.9 Å². The number of fused-ring (bicyclic) bond motifs is 1. The van der Waals surface area contributed by atoms with Gasteiger partial charge in [-0.2, -0.15) is 0 Å². The number of H-pyrrole nitrogens is 1. The van der Waals surface area contributed by atoms with Gasteiger partial charge in [-0.25, -0.2) is 4.79 Å². The summed E-state index contributed by atoms with van der Waals surface area (Å²) in [5.41, 5.74) is -0.212. The fraction of sp³-hybridized carbons (Fsp3) is 0.615. The topological polar surface area (TPSA) is 105 Å². The van der Waals surface area contributed by atoms with E-state index in [2.05, 4.69) is 4.98 Å². The number of aromatic amines is 1. The van der Waals surface area contributed by atoms with Gasteiger partial charge in [-0.05, 0) is 62.6 Å². The number of nitrogens with zero attached hydrogens (tertiary/aromatic N) is 3. The monoisotopic (exact) mass is 482 g/mol. The first-order chi connectivity index (χ1) is 16.9. The van der Waals surface area contributed by atoms with E-state index in [0.717, 1.165) is 44.9 Å². The Kier molecular flexibility index (Phi) is 6.67. The number of piperazine rings is 1. The third-order valence-electron chi connectivity index (χ3n) is 8.18. The zero-order valence-electron chi connectivity index (χ0n) is 20.3. The van der Waals surface area contributed by atoms with Crippen molar-refractivity contribution >= 4 is 22.7 Å². The van der Waals surface area contributed by atoms with Gasteiger partial charge in [-0.15, -0.1) is 0 Å². The molecular weight excluding hydrogens is 448 g/mol. The molecule has 5 rings (SSSR count). The molecule has 0 spiro atoms. The van der Waals surface area contributed by atoms with Crippen LogP contribution in [-0.2, 0) is 16.1 Å². The average molecular weight is 483 g/mol. The van der Waals surface area contributed by atoms with Gasteiger partial charge in [0, 0.05) is 44.6 Å². The molecule has 3 fully saturated rings. The molecule has 35 heavy (non-hydrogen) atoms. The van der Waals surface area contributed by atoms with Crippen molar-refractivity contribution in [3.05, 3.63) is 39.0 Å². The summed E-state index contributed by atoms with van der Waals surface area (Å²) in [4.78, 5) is 57.8. The van der Waals surface area contributed by atoms with E-state index in [1.54, 1.807) is 25.3 Å². The zero-order valence-corrected chi connectivity index (χ0v) is 20.3. The minimum Gasteiger partial charge on any atom is -0.497 e. The first-order valence-electron chi connectivity index (χ1n) is 12.8. The molecule has 0 bridgehead atoms. The van der Waals surface area contributed by atoms with Crippen LogP contribution in [0.25, 0.3) is 10.9 Å². The molecule has 0 radical (unpaired) electrons. The third-order valence-corrected chi connectivity index (χ3v) is 8.18. The van der Waals surface area contributed by atoms with E-state index in [-0.39, 0.29) is 35.1 Å².